The Hall–Kier alpha value is -3.02. The van der Waals surface area contributed by atoms with Crippen LogP contribution in [-0.4, -0.2) is 19.5 Å². The van der Waals surface area contributed by atoms with Crippen molar-refractivity contribution in [2.45, 2.75) is 0 Å². The van der Waals surface area contributed by atoms with Crippen molar-refractivity contribution >= 4 is 16.7 Å². The normalized spacial score (nSPS) is 11.4. The van der Waals surface area contributed by atoms with Gasteiger partial charge in [-0.05, 0) is 24.3 Å². The summed E-state index contributed by atoms with van der Waals surface area (Å²) in [7, 11) is 0. The molecule has 22 heavy (non-hydrogen) atoms. The molecule has 108 valence electrons. The fourth-order valence-electron chi connectivity index (χ4n) is 2.53. The van der Waals surface area contributed by atoms with E-state index >= 15 is 0 Å². The molecule has 4 nitrogen and oxygen atoms in total. The minimum absolute atomic E-state index is 0.145. The summed E-state index contributed by atoms with van der Waals surface area (Å²) in [5.41, 5.74) is 1.06. The van der Waals surface area contributed by atoms with Gasteiger partial charge in [-0.15, -0.1) is 0 Å². The number of nitrogens with zero attached hydrogens (tertiary/aromatic N) is 3. The maximum absolute atomic E-state index is 13.9. The molecule has 0 atom stereocenters. The average Bonchev–Trinajstić information content (AvgIpc) is 2.85. The lowest BCUT2D eigenvalue weighted by molar-refractivity contribution is 0.451. The number of rotatable bonds is 1. The van der Waals surface area contributed by atoms with Crippen LogP contribution in [0.2, 0.25) is 0 Å². The number of hydrogen-bond donors (Lipinski definition) is 1. The van der Waals surface area contributed by atoms with E-state index in [-0.39, 0.29) is 17.1 Å². The summed E-state index contributed by atoms with van der Waals surface area (Å²) in [5, 5.41) is 10.4. The van der Waals surface area contributed by atoms with Crippen LogP contribution in [0, 0.1) is 11.6 Å². The van der Waals surface area contributed by atoms with E-state index in [4.69, 9.17) is 0 Å². The van der Waals surface area contributed by atoms with Crippen molar-refractivity contribution in [2.75, 3.05) is 0 Å². The number of fused-ring (bicyclic) bond motifs is 3. The molecule has 0 amide bonds. The van der Waals surface area contributed by atoms with Gasteiger partial charge in [0.25, 0.3) is 0 Å². The Bertz CT molecular complexity index is 1010. The lowest BCUT2D eigenvalue weighted by atomic mass is 10.1. The van der Waals surface area contributed by atoms with Gasteiger partial charge in [0, 0.05) is 0 Å². The van der Waals surface area contributed by atoms with Gasteiger partial charge in [-0.25, -0.2) is 13.8 Å². The fourth-order valence-corrected chi connectivity index (χ4v) is 2.53. The number of benzene rings is 2. The van der Waals surface area contributed by atoms with Gasteiger partial charge in [0.05, 0.1) is 22.8 Å². The third-order valence-corrected chi connectivity index (χ3v) is 3.52. The SMILES string of the molecule is Oc1c(-c2c(F)cccc2F)nc2cnc3ccccc3n12. The zero-order valence-electron chi connectivity index (χ0n) is 11.2. The van der Waals surface area contributed by atoms with E-state index in [0.717, 1.165) is 12.1 Å². The molecule has 0 fully saturated rings. The van der Waals surface area contributed by atoms with Crippen LogP contribution in [0.5, 0.6) is 5.88 Å². The summed E-state index contributed by atoms with van der Waals surface area (Å²) in [4.78, 5) is 8.35. The van der Waals surface area contributed by atoms with Crippen LogP contribution in [-0.2, 0) is 0 Å². The van der Waals surface area contributed by atoms with Gasteiger partial charge >= 0.3 is 0 Å². The molecule has 0 bridgehead atoms. The second-order valence-corrected chi connectivity index (χ2v) is 4.82. The van der Waals surface area contributed by atoms with Crippen molar-refractivity contribution in [3.63, 3.8) is 0 Å². The van der Waals surface area contributed by atoms with E-state index in [0.29, 0.717) is 16.7 Å². The third kappa shape index (κ3) is 1.67. The van der Waals surface area contributed by atoms with E-state index in [1.807, 2.05) is 6.07 Å². The summed E-state index contributed by atoms with van der Waals surface area (Å²) in [6.45, 7) is 0. The van der Waals surface area contributed by atoms with Crippen LogP contribution in [0.4, 0.5) is 8.78 Å². The molecule has 0 aliphatic rings. The molecule has 6 heteroatoms. The Kier molecular flexibility index (Phi) is 2.59. The first-order valence-electron chi connectivity index (χ1n) is 6.56. The second-order valence-electron chi connectivity index (χ2n) is 4.82. The fraction of sp³-hybridized carbons (Fsp3) is 0. The number of aromatic hydroxyl groups is 1. The van der Waals surface area contributed by atoms with Gasteiger partial charge in [0.2, 0.25) is 5.88 Å². The number of imidazole rings is 1. The zero-order valence-corrected chi connectivity index (χ0v) is 11.2. The average molecular weight is 297 g/mol. The van der Waals surface area contributed by atoms with Gasteiger partial charge < -0.3 is 5.11 Å². The lowest BCUT2D eigenvalue weighted by Crippen LogP contribution is -1.91. The first-order valence-corrected chi connectivity index (χ1v) is 6.56. The second kappa shape index (κ2) is 4.49. The van der Waals surface area contributed by atoms with Gasteiger partial charge in [-0.3, -0.25) is 9.38 Å². The molecule has 0 aliphatic heterocycles. The largest absolute Gasteiger partial charge is 0.493 e. The molecule has 0 saturated heterocycles. The summed E-state index contributed by atoms with van der Waals surface area (Å²) in [6.07, 6.45) is 1.45. The minimum Gasteiger partial charge on any atom is -0.493 e. The Balaban J connectivity index is 2.13. The van der Waals surface area contributed by atoms with Crippen LogP contribution in [0.1, 0.15) is 0 Å². The first kappa shape index (κ1) is 12.7. The van der Waals surface area contributed by atoms with E-state index in [9.17, 15) is 13.9 Å². The third-order valence-electron chi connectivity index (χ3n) is 3.52. The van der Waals surface area contributed by atoms with Crippen molar-refractivity contribution in [1.82, 2.24) is 14.4 Å². The highest BCUT2D eigenvalue weighted by molar-refractivity contribution is 5.81. The van der Waals surface area contributed by atoms with Gasteiger partial charge in [0.15, 0.2) is 5.65 Å². The van der Waals surface area contributed by atoms with Crippen molar-refractivity contribution in [3.05, 3.63) is 60.3 Å². The predicted molar refractivity (Wildman–Crippen MR) is 77.5 cm³/mol. The quantitative estimate of drug-likeness (QED) is 0.584. The summed E-state index contributed by atoms with van der Waals surface area (Å²) >= 11 is 0. The standard InChI is InChI=1S/C16H9F2N3O/c17-9-4-3-5-10(18)14(9)15-16(22)21-12-7-2-1-6-11(12)19-8-13(21)20-15/h1-8,22H. The molecule has 4 aromatic rings. The maximum Gasteiger partial charge on any atom is 0.225 e. The van der Waals surface area contributed by atoms with Crippen molar-refractivity contribution in [1.29, 1.82) is 0 Å². The van der Waals surface area contributed by atoms with E-state index in [1.54, 1.807) is 18.2 Å². The number of hydrogen-bond acceptors (Lipinski definition) is 3. The van der Waals surface area contributed by atoms with Crippen LogP contribution in [0.15, 0.2) is 48.7 Å². The summed E-state index contributed by atoms with van der Waals surface area (Å²) in [5.74, 6) is -1.88. The number of para-hydroxylation sites is 2. The molecule has 2 aromatic heterocycles. The Labute approximate surface area is 123 Å². The summed E-state index contributed by atoms with van der Waals surface area (Å²) < 4.78 is 29.3. The highest BCUT2D eigenvalue weighted by atomic mass is 19.1. The molecule has 2 heterocycles. The molecule has 2 aromatic carbocycles. The molecular weight excluding hydrogens is 288 g/mol. The monoisotopic (exact) mass is 297 g/mol. The van der Waals surface area contributed by atoms with E-state index < -0.39 is 11.6 Å². The molecule has 4 rings (SSSR count). The van der Waals surface area contributed by atoms with E-state index in [2.05, 4.69) is 9.97 Å². The summed E-state index contributed by atoms with van der Waals surface area (Å²) in [6, 6.07) is 10.6. The van der Waals surface area contributed by atoms with Crippen LogP contribution in [0.25, 0.3) is 27.9 Å². The number of halogens is 2. The van der Waals surface area contributed by atoms with Gasteiger partial charge in [-0.2, -0.15) is 0 Å². The van der Waals surface area contributed by atoms with Gasteiger partial charge in [-0.1, -0.05) is 18.2 Å². The maximum atomic E-state index is 13.9. The van der Waals surface area contributed by atoms with Crippen LogP contribution < -0.4 is 0 Å². The highest BCUT2D eigenvalue weighted by Gasteiger charge is 2.21. The predicted octanol–water partition coefficient (Wildman–Crippen LogP) is 3.53. The molecule has 1 N–H and O–H groups in total. The Morgan fingerprint density at radius 1 is 0.955 bits per heavy atom. The molecule has 0 unspecified atom stereocenters. The molecule has 0 radical (unpaired) electrons. The molecule has 0 saturated carbocycles. The number of aromatic nitrogens is 3. The van der Waals surface area contributed by atoms with E-state index in [1.165, 1.54) is 16.7 Å². The van der Waals surface area contributed by atoms with Crippen LogP contribution in [0.3, 0.4) is 0 Å². The first-order chi connectivity index (χ1) is 10.7. The Morgan fingerprint density at radius 2 is 1.68 bits per heavy atom. The Morgan fingerprint density at radius 3 is 2.45 bits per heavy atom. The van der Waals surface area contributed by atoms with Crippen molar-refractivity contribution < 1.29 is 13.9 Å². The van der Waals surface area contributed by atoms with Gasteiger partial charge in [0.1, 0.15) is 17.3 Å². The lowest BCUT2D eigenvalue weighted by Gasteiger charge is -2.03. The minimum atomic E-state index is -0.782. The van der Waals surface area contributed by atoms with Crippen LogP contribution >= 0.6 is 0 Å². The molecule has 0 aliphatic carbocycles. The van der Waals surface area contributed by atoms with Crippen molar-refractivity contribution in [2.24, 2.45) is 0 Å². The molecular formula is C16H9F2N3O. The molecule has 0 spiro atoms. The smallest absolute Gasteiger partial charge is 0.225 e. The zero-order chi connectivity index (χ0) is 15.3. The topological polar surface area (TPSA) is 50.4 Å². The van der Waals surface area contributed by atoms with Crippen molar-refractivity contribution in [3.8, 4) is 17.1 Å². The highest BCUT2D eigenvalue weighted by Crippen LogP contribution is 2.34.